The first kappa shape index (κ1) is 13.1. The lowest BCUT2D eigenvalue weighted by atomic mass is 10.1. The Labute approximate surface area is 94.3 Å². The maximum atomic E-state index is 13.5. The van der Waals surface area contributed by atoms with Crippen molar-refractivity contribution in [1.82, 2.24) is 5.32 Å². The van der Waals surface area contributed by atoms with Crippen LogP contribution in [0.2, 0.25) is 0 Å². The summed E-state index contributed by atoms with van der Waals surface area (Å²) in [4.78, 5) is 0. The number of rotatable bonds is 5. The summed E-state index contributed by atoms with van der Waals surface area (Å²) in [6.45, 7) is 3.73. The van der Waals surface area contributed by atoms with E-state index >= 15 is 0 Å². The van der Waals surface area contributed by atoms with Crippen molar-refractivity contribution in [2.24, 2.45) is 0 Å². The molecule has 0 heterocycles. The molecule has 2 unspecified atom stereocenters. The van der Waals surface area contributed by atoms with E-state index < -0.39 is 17.7 Å². The Morgan fingerprint density at radius 2 is 2.06 bits per heavy atom. The molecule has 0 spiro atoms. The Morgan fingerprint density at radius 3 is 2.56 bits per heavy atom. The van der Waals surface area contributed by atoms with Gasteiger partial charge in [-0.25, -0.2) is 8.78 Å². The molecule has 0 aliphatic carbocycles. The van der Waals surface area contributed by atoms with Crippen LogP contribution in [0, 0.1) is 11.6 Å². The van der Waals surface area contributed by atoms with E-state index in [2.05, 4.69) is 5.32 Å². The SMILES string of the molecule is CCC(C)NC(CO)c1ccc(F)cc1F. The molecule has 0 aromatic heterocycles. The number of nitrogens with one attached hydrogen (secondary N) is 1. The van der Waals surface area contributed by atoms with Crippen LogP contribution >= 0.6 is 0 Å². The molecule has 0 radical (unpaired) electrons. The summed E-state index contributed by atoms with van der Waals surface area (Å²) >= 11 is 0. The molecule has 0 saturated heterocycles. The summed E-state index contributed by atoms with van der Waals surface area (Å²) in [5.74, 6) is -1.24. The Morgan fingerprint density at radius 1 is 1.38 bits per heavy atom. The van der Waals surface area contributed by atoms with Gasteiger partial charge >= 0.3 is 0 Å². The van der Waals surface area contributed by atoms with Crippen molar-refractivity contribution in [2.45, 2.75) is 32.4 Å². The van der Waals surface area contributed by atoms with Crippen LogP contribution in [0.15, 0.2) is 18.2 Å². The van der Waals surface area contributed by atoms with Gasteiger partial charge in [-0.15, -0.1) is 0 Å². The second kappa shape index (κ2) is 5.92. The van der Waals surface area contributed by atoms with E-state index in [9.17, 15) is 13.9 Å². The second-order valence-electron chi connectivity index (χ2n) is 3.88. The van der Waals surface area contributed by atoms with Crippen LogP contribution in [0.5, 0.6) is 0 Å². The molecule has 0 aliphatic heterocycles. The standard InChI is InChI=1S/C12H17F2NO/c1-3-8(2)15-12(7-16)10-5-4-9(13)6-11(10)14/h4-6,8,12,15-16H,3,7H2,1-2H3. The largest absolute Gasteiger partial charge is 0.394 e. The van der Waals surface area contributed by atoms with E-state index in [0.717, 1.165) is 12.5 Å². The molecule has 2 nitrogen and oxygen atoms in total. The van der Waals surface area contributed by atoms with Crippen molar-refractivity contribution in [1.29, 1.82) is 0 Å². The molecule has 90 valence electrons. The summed E-state index contributed by atoms with van der Waals surface area (Å²) in [6.07, 6.45) is 0.874. The Bertz CT molecular complexity index is 344. The van der Waals surface area contributed by atoms with Gasteiger partial charge in [0.15, 0.2) is 0 Å². The van der Waals surface area contributed by atoms with Crippen molar-refractivity contribution in [3.05, 3.63) is 35.4 Å². The zero-order valence-corrected chi connectivity index (χ0v) is 9.50. The highest BCUT2D eigenvalue weighted by atomic mass is 19.1. The predicted octanol–water partition coefficient (Wildman–Crippen LogP) is 2.39. The summed E-state index contributed by atoms with van der Waals surface area (Å²) in [5, 5.41) is 12.3. The van der Waals surface area contributed by atoms with Crippen molar-refractivity contribution in [3.63, 3.8) is 0 Å². The molecule has 0 aliphatic rings. The minimum Gasteiger partial charge on any atom is -0.394 e. The average molecular weight is 229 g/mol. The maximum Gasteiger partial charge on any atom is 0.130 e. The van der Waals surface area contributed by atoms with Crippen LogP contribution < -0.4 is 5.32 Å². The van der Waals surface area contributed by atoms with Gasteiger partial charge in [0.1, 0.15) is 11.6 Å². The highest BCUT2D eigenvalue weighted by molar-refractivity contribution is 5.22. The Balaban J connectivity index is 2.86. The molecule has 2 N–H and O–H groups in total. The lowest BCUT2D eigenvalue weighted by molar-refractivity contribution is 0.231. The minimum absolute atomic E-state index is 0.168. The summed E-state index contributed by atoms with van der Waals surface area (Å²) in [5.41, 5.74) is 0.296. The van der Waals surface area contributed by atoms with Gasteiger partial charge in [-0.05, 0) is 19.4 Å². The van der Waals surface area contributed by atoms with E-state index in [-0.39, 0.29) is 12.6 Å². The third-order valence-electron chi connectivity index (χ3n) is 2.62. The van der Waals surface area contributed by atoms with Gasteiger partial charge in [0.2, 0.25) is 0 Å². The number of aliphatic hydroxyl groups excluding tert-OH is 1. The Hall–Kier alpha value is -1.00. The normalized spacial score (nSPS) is 14.8. The van der Waals surface area contributed by atoms with Crippen LogP contribution in [0.4, 0.5) is 8.78 Å². The topological polar surface area (TPSA) is 32.3 Å². The monoisotopic (exact) mass is 229 g/mol. The fourth-order valence-electron chi connectivity index (χ4n) is 1.49. The lowest BCUT2D eigenvalue weighted by Gasteiger charge is -2.21. The third kappa shape index (κ3) is 3.25. The van der Waals surface area contributed by atoms with Gasteiger partial charge in [-0.2, -0.15) is 0 Å². The van der Waals surface area contributed by atoms with Gasteiger partial charge < -0.3 is 10.4 Å². The van der Waals surface area contributed by atoms with Crippen molar-refractivity contribution < 1.29 is 13.9 Å². The highest BCUT2D eigenvalue weighted by Gasteiger charge is 2.16. The van der Waals surface area contributed by atoms with Crippen molar-refractivity contribution in [3.8, 4) is 0 Å². The number of benzene rings is 1. The molecule has 16 heavy (non-hydrogen) atoms. The second-order valence-corrected chi connectivity index (χ2v) is 3.88. The van der Waals surface area contributed by atoms with E-state index in [1.165, 1.54) is 12.1 Å². The zero-order chi connectivity index (χ0) is 12.1. The summed E-state index contributed by atoms with van der Waals surface area (Å²) in [7, 11) is 0. The van der Waals surface area contributed by atoms with Crippen molar-refractivity contribution in [2.75, 3.05) is 6.61 Å². The molecule has 1 aromatic rings. The molecule has 0 amide bonds. The molecule has 0 saturated carbocycles. The van der Waals surface area contributed by atoms with Gasteiger partial charge in [-0.3, -0.25) is 0 Å². The van der Waals surface area contributed by atoms with Gasteiger partial charge in [0.25, 0.3) is 0 Å². The first-order valence-corrected chi connectivity index (χ1v) is 5.40. The van der Waals surface area contributed by atoms with Crippen molar-refractivity contribution >= 4 is 0 Å². The quantitative estimate of drug-likeness (QED) is 0.812. The molecule has 1 rings (SSSR count). The number of halogens is 2. The molecular weight excluding hydrogens is 212 g/mol. The highest BCUT2D eigenvalue weighted by Crippen LogP contribution is 2.18. The van der Waals surface area contributed by atoms with Gasteiger partial charge in [0.05, 0.1) is 12.6 Å². The molecule has 4 heteroatoms. The molecule has 2 atom stereocenters. The molecule has 0 bridgehead atoms. The van der Waals surface area contributed by atoms with E-state index in [4.69, 9.17) is 0 Å². The van der Waals surface area contributed by atoms with E-state index in [1.807, 2.05) is 13.8 Å². The zero-order valence-electron chi connectivity index (χ0n) is 9.50. The first-order chi connectivity index (χ1) is 7.58. The fourth-order valence-corrected chi connectivity index (χ4v) is 1.49. The smallest absolute Gasteiger partial charge is 0.130 e. The van der Waals surface area contributed by atoms with E-state index in [0.29, 0.717) is 5.56 Å². The molecule has 0 fully saturated rings. The molecule has 1 aromatic carbocycles. The first-order valence-electron chi connectivity index (χ1n) is 5.40. The van der Waals surface area contributed by atoms with Crippen LogP contribution in [0.3, 0.4) is 0 Å². The summed E-state index contributed by atoms with van der Waals surface area (Å²) < 4.78 is 26.2. The Kier molecular flexibility index (Phi) is 4.83. The van der Waals surface area contributed by atoms with Crippen LogP contribution in [-0.2, 0) is 0 Å². The number of hydrogen-bond acceptors (Lipinski definition) is 2. The van der Waals surface area contributed by atoms with Crippen LogP contribution in [-0.4, -0.2) is 17.8 Å². The minimum atomic E-state index is -0.630. The predicted molar refractivity (Wildman–Crippen MR) is 59.1 cm³/mol. The maximum absolute atomic E-state index is 13.5. The van der Waals surface area contributed by atoms with Gasteiger partial charge in [0, 0.05) is 17.7 Å². The van der Waals surface area contributed by atoms with Crippen LogP contribution in [0.1, 0.15) is 31.9 Å². The fraction of sp³-hybridized carbons (Fsp3) is 0.500. The average Bonchev–Trinajstić information content (AvgIpc) is 2.26. The number of aliphatic hydroxyl groups is 1. The van der Waals surface area contributed by atoms with E-state index in [1.54, 1.807) is 0 Å². The number of hydrogen-bond donors (Lipinski definition) is 2. The van der Waals surface area contributed by atoms with Gasteiger partial charge in [-0.1, -0.05) is 13.0 Å². The van der Waals surface area contributed by atoms with Crippen LogP contribution in [0.25, 0.3) is 0 Å². The lowest BCUT2D eigenvalue weighted by Crippen LogP contribution is -2.32. The summed E-state index contributed by atoms with van der Waals surface area (Å²) in [6, 6.07) is 3.06. The third-order valence-corrected chi connectivity index (χ3v) is 2.62. The molecular formula is C12H17F2NO.